The Balaban J connectivity index is 1.77. The molecule has 0 saturated heterocycles. The summed E-state index contributed by atoms with van der Waals surface area (Å²) in [5.41, 5.74) is 1.21. The number of carbonyl (C=O) groups is 1. The predicted molar refractivity (Wildman–Crippen MR) is 73.7 cm³/mol. The van der Waals surface area contributed by atoms with Crippen molar-refractivity contribution in [2.45, 2.75) is 45.1 Å². The molecule has 0 aromatic carbocycles. The van der Waals surface area contributed by atoms with Crippen LogP contribution in [0.4, 0.5) is 0 Å². The summed E-state index contributed by atoms with van der Waals surface area (Å²) < 4.78 is 0. The quantitative estimate of drug-likeness (QED) is 0.879. The Bertz CT molecular complexity index is 394. The predicted octanol–water partition coefficient (Wildman–Crippen LogP) is 2.27. The molecule has 3 nitrogen and oxygen atoms in total. The summed E-state index contributed by atoms with van der Waals surface area (Å²) in [7, 11) is 0. The molecule has 1 aliphatic rings. The third-order valence-corrected chi connectivity index (χ3v) is 4.78. The molecule has 1 heterocycles. The van der Waals surface area contributed by atoms with Gasteiger partial charge in [-0.3, -0.25) is 4.79 Å². The van der Waals surface area contributed by atoms with Crippen LogP contribution in [-0.2, 0) is 11.2 Å². The SMILES string of the molecule is Cc1ccsc1CC(=O)NC1CCC(CO)CC1. The molecule has 1 aromatic rings. The van der Waals surface area contributed by atoms with Gasteiger partial charge >= 0.3 is 0 Å². The van der Waals surface area contributed by atoms with Gasteiger partial charge in [0.25, 0.3) is 0 Å². The fourth-order valence-corrected chi connectivity index (χ4v) is 3.40. The summed E-state index contributed by atoms with van der Waals surface area (Å²) in [5.74, 6) is 0.575. The Morgan fingerprint density at radius 3 is 2.72 bits per heavy atom. The molecule has 1 aromatic heterocycles. The number of rotatable bonds is 4. The van der Waals surface area contributed by atoms with Crippen molar-refractivity contribution in [1.29, 1.82) is 0 Å². The Morgan fingerprint density at radius 2 is 2.17 bits per heavy atom. The lowest BCUT2D eigenvalue weighted by Crippen LogP contribution is -2.38. The van der Waals surface area contributed by atoms with E-state index in [9.17, 15) is 4.79 Å². The molecular weight excluding hydrogens is 246 g/mol. The van der Waals surface area contributed by atoms with Crippen LogP contribution in [0.5, 0.6) is 0 Å². The summed E-state index contributed by atoms with van der Waals surface area (Å²) >= 11 is 1.65. The Kier molecular flexibility index (Phi) is 4.78. The van der Waals surface area contributed by atoms with Crippen molar-refractivity contribution in [1.82, 2.24) is 5.32 Å². The normalized spacial score (nSPS) is 23.9. The second-order valence-corrected chi connectivity index (χ2v) is 6.17. The molecule has 1 aliphatic carbocycles. The van der Waals surface area contributed by atoms with E-state index >= 15 is 0 Å². The zero-order valence-corrected chi connectivity index (χ0v) is 11.6. The highest BCUT2D eigenvalue weighted by atomic mass is 32.1. The Hall–Kier alpha value is -0.870. The monoisotopic (exact) mass is 267 g/mol. The van der Waals surface area contributed by atoms with E-state index in [1.54, 1.807) is 11.3 Å². The van der Waals surface area contributed by atoms with E-state index in [0.29, 0.717) is 18.4 Å². The highest BCUT2D eigenvalue weighted by Crippen LogP contribution is 2.24. The minimum Gasteiger partial charge on any atom is -0.396 e. The number of aliphatic hydroxyl groups is 1. The van der Waals surface area contributed by atoms with Gasteiger partial charge in [-0.15, -0.1) is 11.3 Å². The van der Waals surface area contributed by atoms with E-state index in [2.05, 4.69) is 11.4 Å². The molecule has 0 radical (unpaired) electrons. The summed E-state index contributed by atoms with van der Waals surface area (Å²) in [5, 5.41) is 14.2. The maximum Gasteiger partial charge on any atom is 0.225 e. The molecule has 0 unspecified atom stereocenters. The molecule has 1 fully saturated rings. The zero-order chi connectivity index (χ0) is 13.0. The smallest absolute Gasteiger partial charge is 0.225 e. The first kappa shape index (κ1) is 13.6. The highest BCUT2D eigenvalue weighted by Gasteiger charge is 2.22. The summed E-state index contributed by atoms with van der Waals surface area (Å²) in [6.45, 7) is 2.33. The molecule has 0 spiro atoms. The number of hydrogen-bond acceptors (Lipinski definition) is 3. The van der Waals surface area contributed by atoms with Gasteiger partial charge in [-0.05, 0) is 55.5 Å². The topological polar surface area (TPSA) is 49.3 Å². The number of carbonyl (C=O) groups excluding carboxylic acids is 1. The van der Waals surface area contributed by atoms with Gasteiger partial charge in [0.1, 0.15) is 0 Å². The van der Waals surface area contributed by atoms with Gasteiger partial charge in [-0.2, -0.15) is 0 Å². The molecule has 18 heavy (non-hydrogen) atoms. The van der Waals surface area contributed by atoms with Crippen molar-refractivity contribution in [2.75, 3.05) is 6.61 Å². The maximum atomic E-state index is 11.9. The first-order chi connectivity index (χ1) is 8.69. The van der Waals surface area contributed by atoms with Crippen LogP contribution in [0, 0.1) is 12.8 Å². The standard InChI is InChI=1S/C14H21NO2S/c1-10-6-7-18-13(10)8-14(17)15-12-4-2-11(9-16)3-5-12/h6-7,11-12,16H,2-5,8-9H2,1H3,(H,15,17). The van der Waals surface area contributed by atoms with E-state index < -0.39 is 0 Å². The lowest BCUT2D eigenvalue weighted by molar-refractivity contribution is -0.121. The van der Waals surface area contributed by atoms with Crippen LogP contribution in [0.25, 0.3) is 0 Å². The number of nitrogens with one attached hydrogen (secondary N) is 1. The van der Waals surface area contributed by atoms with Crippen LogP contribution < -0.4 is 5.32 Å². The second-order valence-electron chi connectivity index (χ2n) is 5.17. The average Bonchev–Trinajstić information content (AvgIpc) is 2.76. The largest absolute Gasteiger partial charge is 0.396 e. The molecule has 2 N–H and O–H groups in total. The van der Waals surface area contributed by atoms with Crippen molar-refractivity contribution >= 4 is 17.2 Å². The van der Waals surface area contributed by atoms with Gasteiger partial charge < -0.3 is 10.4 Å². The maximum absolute atomic E-state index is 11.9. The Labute approximate surface area is 112 Å². The molecule has 100 valence electrons. The van der Waals surface area contributed by atoms with Gasteiger partial charge in [-0.1, -0.05) is 0 Å². The van der Waals surface area contributed by atoms with Crippen molar-refractivity contribution in [3.05, 3.63) is 21.9 Å². The van der Waals surface area contributed by atoms with Crippen LogP contribution in [0.2, 0.25) is 0 Å². The molecule has 0 bridgehead atoms. The number of aliphatic hydroxyl groups excluding tert-OH is 1. The van der Waals surface area contributed by atoms with E-state index in [0.717, 1.165) is 30.6 Å². The van der Waals surface area contributed by atoms with Gasteiger partial charge in [0, 0.05) is 17.5 Å². The second kappa shape index (κ2) is 6.34. The molecule has 4 heteroatoms. The van der Waals surface area contributed by atoms with Crippen molar-refractivity contribution in [3.8, 4) is 0 Å². The first-order valence-corrected chi connectivity index (χ1v) is 7.50. The minimum absolute atomic E-state index is 0.132. The highest BCUT2D eigenvalue weighted by molar-refractivity contribution is 7.10. The number of hydrogen-bond donors (Lipinski definition) is 2. The third kappa shape index (κ3) is 3.56. The van der Waals surface area contributed by atoms with E-state index in [1.807, 2.05) is 12.3 Å². The lowest BCUT2D eigenvalue weighted by Gasteiger charge is -2.27. The summed E-state index contributed by atoms with van der Waals surface area (Å²) in [4.78, 5) is 13.1. The molecule has 1 saturated carbocycles. The van der Waals surface area contributed by atoms with Crippen LogP contribution in [-0.4, -0.2) is 23.7 Å². The van der Waals surface area contributed by atoms with Crippen LogP contribution in [0.3, 0.4) is 0 Å². The average molecular weight is 267 g/mol. The van der Waals surface area contributed by atoms with Crippen LogP contribution in [0.1, 0.15) is 36.1 Å². The van der Waals surface area contributed by atoms with Crippen molar-refractivity contribution in [3.63, 3.8) is 0 Å². The van der Waals surface area contributed by atoms with Gasteiger partial charge in [-0.25, -0.2) is 0 Å². The molecule has 0 aliphatic heterocycles. The lowest BCUT2D eigenvalue weighted by atomic mass is 9.86. The fourth-order valence-electron chi connectivity index (χ4n) is 2.50. The third-order valence-electron chi connectivity index (χ3n) is 3.76. The fraction of sp³-hybridized carbons (Fsp3) is 0.643. The van der Waals surface area contributed by atoms with Crippen molar-refractivity contribution < 1.29 is 9.90 Å². The Morgan fingerprint density at radius 1 is 1.44 bits per heavy atom. The first-order valence-electron chi connectivity index (χ1n) is 6.62. The zero-order valence-electron chi connectivity index (χ0n) is 10.8. The summed E-state index contributed by atoms with van der Waals surface area (Å²) in [6, 6.07) is 2.36. The van der Waals surface area contributed by atoms with E-state index in [-0.39, 0.29) is 12.5 Å². The minimum atomic E-state index is 0.132. The van der Waals surface area contributed by atoms with Crippen LogP contribution in [0.15, 0.2) is 11.4 Å². The summed E-state index contributed by atoms with van der Waals surface area (Å²) in [6.07, 6.45) is 4.56. The number of amides is 1. The molecule has 0 atom stereocenters. The number of thiophene rings is 1. The molecular formula is C14H21NO2S. The molecule has 1 amide bonds. The van der Waals surface area contributed by atoms with E-state index in [4.69, 9.17) is 5.11 Å². The van der Waals surface area contributed by atoms with Gasteiger partial charge in [0.15, 0.2) is 0 Å². The van der Waals surface area contributed by atoms with E-state index in [1.165, 1.54) is 5.56 Å². The van der Waals surface area contributed by atoms with Gasteiger partial charge in [0.2, 0.25) is 5.91 Å². The van der Waals surface area contributed by atoms with Crippen LogP contribution >= 0.6 is 11.3 Å². The van der Waals surface area contributed by atoms with Gasteiger partial charge in [0.05, 0.1) is 6.42 Å². The number of aryl methyl sites for hydroxylation is 1. The molecule has 2 rings (SSSR count). The van der Waals surface area contributed by atoms with Crippen molar-refractivity contribution in [2.24, 2.45) is 5.92 Å².